The Morgan fingerprint density at radius 2 is 2.00 bits per heavy atom. The van der Waals surface area contributed by atoms with Gasteiger partial charge in [0.1, 0.15) is 12.1 Å². The van der Waals surface area contributed by atoms with Crippen LogP contribution in [-0.4, -0.2) is 20.9 Å². The van der Waals surface area contributed by atoms with Crippen LogP contribution in [0.3, 0.4) is 0 Å². The Balaban J connectivity index is 2.29. The van der Waals surface area contributed by atoms with Crippen LogP contribution in [-0.2, 0) is 6.54 Å². The highest BCUT2D eigenvalue weighted by Gasteiger charge is 2.09. The molecule has 0 atom stereocenters. The summed E-state index contributed by atoms with van der Waals surface area (Å²) in [7, 11) is 0. The van der Waals surface area contributed by atoms with E-state index in [1.54, 1.807) is 6.33 Å². The largest absolute Gasteiger partial charge is 0.491 e. The highest BCUT2D eigenvalue weighted by Crippen LogP contribution is 2.23. The summed E-state index contributed by atoms with van der Waals surface area (Å²) in [5.74, 6) is 2.32. The maximum atomic E-state index is 5.72. The first-order valence-corrected chi connectivity index (χ1v) is 6.71. The van der Waals surface area contributed by atoms with Crippen LogP contribution in [0.5, 0.6) is 5.75 Å². The highest BCUT2D eigenvalue weighted by atomic mass is 16.5. The van der Waals surface area contributed by atoms with Crippen LogP contribution in [0.1, 0.15) is 27.7 Å². The van der Waals surface area contributed by atoms with Gasteiger partial charge in [-0.25, -0.2) is 0 Å². The van der Waals surface area contributed by atoms with Crippen molar-refractivity contribution in [2.75, 3.05) is 0 Å². The van der Waals surface area contributed by atoms with Gasteiger partial charge in [0, 0.05) is 12.1 Å². The lowest BCUT2D eigenvalue weighted by Gasteiger charge is -2.12. The van der Waals surface area contributed by atoms with E-state index in [2.05, 4.69) is 28.6 Å². The van der Waals surface area contributed by atoms with Crippen LogP contribution >= 0.6 is 0 Å². The van der Waals surface area contributed by atoms with E-state index in [0.29, 0.717) is 5.92 Å². The summed E-state index contributed by atoms with van der Waals surface area (Å²) >= 11 is 0. The van der Waals surface area contributed by atoms with Crippen molar-refractivity contribution in [2.45, 2.75) is 40.3 Å². The van der Waals surface area contributed by atoms with Gasteiger partial charge in [0.2, 0.25) is 0 Å². The van der Waals surface area contributed by atoms with Gasteiger partial charge in [0.25, 0.3) is 0 Å². The molecular formula is C15H21N3O. The minimum Gasteiger partial charge on any atom is -0.491 e. The van der Waals surface area contributed by atoms with E-state index in [9.17, 15) is 0 Å². The first-order chi connectivity index (χ1) is 9.06. The van der Waals surface area contributed by atoms with E-state index < -0.39 is 0 Å². The Morgan fingerprint density at radius 1 is 1.21 bits per heavy atom. The SMILES string of the molecule is CC(C)Cn1cnnc1-c1cccc(OC(C)C)c1. The Bertz CT molecular complexity index is 532. The summed E-state index contributed by atoms with van der Waals surface area (Å²) in [6.45, 7) is 9.32. The molecule has 0 saturated carbocycles. The molecule has 0 aliphatic rings. The normalized spacial score (nSPS) is 11.3. The van der Waals surface area contributed by atoms with Crippen LogP contribution in [0.25, 0.3) is 11.4 Å². The van der Waals surface area contributed by atoms with Crippen LogP contribution in [0.4, 0.5) is 0 Å². The quantitative estimate of drug-likeness (QED) is 0.826. The first kappa shape index (κ1) is 13.6. The molecule has 4 heteroatoms. The molecule has 0 aliphatic heterocycles. The average Bonchev–Trinajstić information content (AvgIpc) is 2.75. The Labute approximate surface area is 114 Å². The predicted molar refractivity (Wildman–Crippen MR) is 76.1 cm³/mol. The van der Waals surface area contributed by atoms with Gasteiger partial charge in [-0.1, -0.05) is 26.0 Å². The molecule has 0 fully saturated rings. The summed E-state index contributed by atoms with van der Waals surface area (Å²) in [5, 5.41) is 8.23. The van der Waals surface area contributed by atoms with Gasteiger partial charge in [-0.15, -0.1) is 10.2 Å². The number of nitrogens with zero attached hydrogens (tertiary/aromatic N) is 3. The smallest absolute Gasteiger partial charge is 0.163 e. The van der Waals surface area contributed by atoms with Crippen LogP contribution in [0.2, 0.25) is 0 Å². The molecule has 0 N–H and O–H groups in total. The molecule has 0 spiro atoms. The summed E-state index contributed by atoms with van der Waals surface area (Å²) in [4.78, 5) is 0. The van der Waals surface area contributed by atoms with E-state index in [-0.39, 0.29) is 6.10 Å². The molecule has 2 aromatic rings. The fraction of sp³-hybridized carbons (Fsp3) is 0.467. The van der Waals surface area contributed by atoms with Crippen LogP contribution in [0.15, 0.2) is 30.6 Å². The zero-order chi connectivity index (χ0) is 13.8. The van der Waals surface area contributed by atoms with E-state index in [0.717, 1.165) is 23.7 Å². The van der Waals surface area contributed by atoms with Gasteiger partial charge in [-0.2, -0.15) is 0 Å². The lowest BCUT2D eigenvalue weighted by Crippen LogP contribution is -2.07. The number of hydrogen-bond donors (Lipinski definition) is 0. The van der Waals surface area contributed by atoms with Crippen LogP contribution in [0, 0.1) is 5.92 Å². The summed E-state index contributed by atoms with van der Waals surface area (Å²) in [5.41, 5.74) is 1.04. The van der Waals surface area contributed by atoms with Gasteiger partial charge in [-0.05, 0) is 31.9 Å². The Morgan fingerprint density at radius 3 is 2.68 bits per heavy atom. The third-order valence-electron chi connectivity index (χ3n) is 2.64. The monoisotopic (exact) mass is 259 g/mol. The molecule has 0 bridgehead atoms. The highest BCUT2D eigenvalue weighted by molar-refractivity contribution is 5.57. The van der Waals surface area contributed by atoms with Gasteiger partial charge >= 0.3 is 0 Å². The summed E-state index contributed by atoms with van der Waals surface area (Å²) < 4.78 is 7.80. The molecular weight excluding hydrogens is 238 g/mol. The lowest BCUT2D eigenvalue weighted by molar-refractivity contribution is 0.242. The Kier molecular flexibility index (Phi) is 4.20. The van der Waals surface area contributed by atoms with Crippen molar-refractivity contribution in [2.24, 2.45) is 5.92 Å². The van der Waals surface area contributed by atoms with Crippen molar-refractivity contribution in [3.05, 3.63) is 30.6 Å². The molecule has 0 radical (unpaired) electrons. The van der Waals surface area contributed by atoms with Crippen molar-refractivity contribution in [3.8, 4) is 17.1 Å². The molecule has 1 heterocycles. The second-order valence-electron chi connectivity index (χ2n) is 5.40. The van der Waals surface area contributed by atoms with E-state index in [4.69, 9.17) is 4.74 Å². The zero-order valence-corrected chi connectivity index (χ0v) is 12.0. The number of hydrogen-bond acceptors (Lipinski definition) is 3. The maximum Gasteiger partial charge on any atom is 0.163 e. The minimum absolute atomic E-state index is 0.170. The molecule has 2 rings (SSSR count). The minimum atomic E-state index is 0.170. The van der Waals surface area contributed by atoms with Crippen molar-refractivity contribution >= 4 is 0 Å². The number of aromatic nitrogens is 3. The topological polar surface area (TPSA) is 39.9 Å². The molecule has 1 aromatic carbocycles. The molecule has 4 nitrogen and oxygen atoms in total. The average molecular weight is 259 g/mol. The molecule has 19 heavy (non-hydrogen) atoms. The second-order valence-corrected chi connectivity index (χ2v) is 5.40. The van der Waals surface area contributed by atoms with Gasteiger partial charge < -0.3 is 9.30 Å². The summed E-state index contributed by atoms with van der Waals surface area (Å²) in [6, 6.07) is 8.00. The molecule has 102 valence electrons. The third-order valence-corrected chi connectivity index (χ3v) is 2.64. The number of ether oxygens (including phenoxy) is 1. The van der Waals surface area contributed by atoms with Gasteiger partial charge in [-0.3, -0.25) is 0 Å². The number of rotatable bonds is 5. The summed E-state index contributed by atoms with van der Waals surface area (Å²) in [6.07, 6.45) is 1.95. The predicted octanol–water partition coefficient (Wildman–Crippen LogP) is 3.39. The van der Waals surface area contributed by atoms with Crippen molar-refractivity contribution in [1.29, 1.82) is 0 Å². The molecule has 0 unspecified atom stereocenters. The third kappa shape index (κ3) is 3.56. The fourth-order valence-corrected chi connectivity index (χ4v) is 1.99. The van der Waals surface area contributed by atoms with Gasteiger partial charge in [0.05, 0.1) is 6.10 Å². The van der Waals surface area contributed by atoms with Crippen molar-refractivity contribution < 1.29 is 4.74 Å². The molecule has 0 aliphatic carbocycles. The fourth-order valence-electron chi connectivity index (χ4n) is 1.99. The molecule has 1 aromatic heterocycles. The molecule has 0 saturated heterocycles. The Hall–Kier alpha value is -1.84. The van der Waals surface area contributed by atoms with E-state index in [1.165, 1.54) is 0 Å². The lowest BCUT2D eigenvalue weighted by atomic mass is 10.2. The second kappa shape index (κ2) is 5.87. The van der Waals surface area contributed by atoms with E-state index in [1.807, 2.05) is 38.1 Å². The van der Waals surface area contributed by atoms with Crippen LogP contribution < -0.4 is 4.74 Å². The van der Waals surface area contributed by atoms with Gasteiger partial charge in [0.15, 0.2) is 5.82 Å². The molecule has 0 amide bonds. The first-order valence-electron chi connectivity index (χ1n) is 6.71. The zero-order valence-electron chi connectivity index (χ0n) is 12.0. The number of benzene rings is 1. The van der Waals surface area contributed by atoms with Crippen molar-refractivity contribution in [1.82, 2.24) is 14.8 Å². The standard InChI is InChI=1S/C15H21N3O/c1-11(2)9-18-10-16-17-15(18)13-6-5-7-14(8-13)19-12(3)4/h5-8,10-12H,9H2,1-4H3. The maximum absolute atomic E-state index is 5.72. The van der Waals surface area contributed by atoms with E-state index >= 15 is 0 Å². The van der Waals surface area contributed by atoms with Crippen molar-refractivity contribution in [3.63, 3.8) is 0 Å².